The van der Waals surface area contributed by atoms with E-state index in [1.54, 1.807) is 0 Å². The van der Waals surface area contributed by atoms with Gasteiger partial charge in [0, 0.05) is 6.08 Å². The maximum absolute atomic E-state index is 10.5. The van der Waals surface area contributed by atoms with Crippen LogP contribution in [0.15, 0.2) is 35.5 Å². The molecular weight excluding hydrogens is 236 g/mol. The predicted molar refractivity (Wildman–Crippen MR) is 82.2 cm³/mol. The third kappa shape index (κ3) is 10.3. The van der Waals surface area contributed by atoms with Gasteiger partial charge in [0.15, 0.2) is 0 Å². The van der Waals surface area contributed by atoms with Gasteiger partial charge in [-0.15, -0.1) is 0 Å². The van der Waals surface area contributed by atoms with Crippen LogP contribution in [0.5, 0.6) is 0 Å². The Bertz CT molecular complexity index is 348. The van der Waals surface area contributed by atoms with E-state index in [0.29, 0.717) is 5.92 Å². The van der Waals surface area contributed by atoms with Gasteiger partial charge in [0.1, 0.15) is 0 Å². The standard InChI is InChI=1S/C17H28O2/c1-5-14(3)9-7-11-16(6-2)12-8-10-15(4)13-17(18)19/h8-10,13,16H,5-7,11-12H2,1-4H3,(H,18,19). The Labute approximate surface area is 117 Å². The van der Waals surface area contributed by atoms with E-state index in [2.05, 4.69) is 32.9 Å². The van der Waals surface area contributed by atoms with Crippen molar-refractivity contribution in [3.05, 3.63) is 35.5 Å². The highest BCUT2D eigenvalue weighted by Gasteiger charge is 2.03. The van der Waals surface area contributed by atoms with Crippen molar-refractivity contribution in [2.45, 2.75) is 59.8 Å². The number of carboxylic acids is 1. The van der Waals surface area contributed by atoms with E-state index in [9.17, 15) is 4.79 Å². The van der Waals surface area contributed by atoms with Gasteiger partial charge >= 0.3 is 5.97 Å². The summed E-state index contributed by atoms with van der Waals surface area (Å²) in [6.45, 7) is 8.40. The van der Waals surface area contributed by atoms with Crippen LogP contribution in [0.4, 0.5) is 0 Å². The normalized spacial score (nSPS) is 14.9. The Morgan fingerprint density at radius 2 is 1.95 bits per heavy atom. The van der Waals surface area contributed by atoms with Crippen molar-refractivity contribution in [3.8, 4) is 0 Å². The summed E-state index contributed by atoms with van der Waals surface area (Å²) in [4.78, 5) is 10.5. The lowest BCUT2D eigenvalue weighted by molar-refractivity contribution is -0.131. The molecule has 0 amide bonds. The zero-order valence-corrected chi connectivity index (χ0v) is 12.8. The fourth-order valence-corrected chi connectivity index (χ4v) is 1.89. The smallest absolute Gasteiger partial charge is 0.328 e. The van der Waals surface area contributed by atoms with Crippen LogP contribution in [0.25, 0.3) is 0 Å². The van der Waals surface area contributed by atoms with Crippen LogP contribution in [0.2, 0.25) is 0 Å². The van der Waals surface area contributed by atoms with Crippen molar-refractivity contribution in [3.63, 3.8) is 0 Å². The number of rotatable bonds is 9. The molecule has 0 aliphatic rings. The third-order valence-corrected chi connectivity index (χ3v) is 3.40. The molecule has 1 atom stereocenters. The summed E-state index contributed by atoms with van der Waals surface area (Å²) >= 11 is 0. The molecular formula is C17H28O2. The second kappa shape index (κ2) is 10.6. The molecule has 0 radical (unpaired) electrons. The molecule has 0 bridgehead atoms. The third-order valence-electron chi connectivity index (χ3n) is 3.40. The van der Waals surface area contributed by atoms with Crippen LogP contribution in [0, 0.1) is 5.92 Å². The van der Waals surface area contributed by atoms with Gasteiger partial charge in [-0.25, -0.2) is 4.79 Å². The maximum atomic E-state index is 10.5. The molecule has 0 rings (SSSR count). The lowest BCUT2D eigenvalue weighted by atomic mass is 9.95. The molecule has 0 aromatic heterocycles. The molecule has 0 fully saturated rings. The summed E-state index contributed by atoms with van der Waals surface area (Å²) in [6, 6.07) is 0. The van der Waals surface area contributed by atoms with E-state index in [0.717, 1.165) is 24.8 Å². The fourth-order valence-electron chi connectivity index (χ4n) is 1.89. The van der Waals surface area contributed by atoms with Crippen LogP contribution in [-0.4, -0.2) is 11.1 Å². The zero-order chi connectivity index (χ0) is 14.7. The van der Waals surface area contributed by atoms with E-state index in [-0.39, 0.29) is 0 Å². The lowest BCUT2D eigenvalue weighted by Gasteiger charge is -2.11. The molecule has 0 spiro atoms. The molecule has 2 heteroatoms. The molecule has 2 nitrogen and oxygen atoms in total. The second-order valence-corrected chi connectivity index (χ2v) is 5.12. The molecule has 0 aromatic rings. The van der Waals surface area contributed by atoms with E-state index in [1.807, 2.05) is 13.0 Å². The first-order chi connectivity index (χ1) is 8.99. The van der Waals surface area contributed by atoms with Gasteiger partial charge in [-0.2, -0.15) is 0 Å². The van der Waals surface area contributed by atoms with Gasteiger partial charge in [-0.05, 0) is 51.0 Å². The number of carboxylic acid groups (broad SMARTS) is 1. The molecule has 1 N–H and O–H groups in total. The second-order valence-electron chi connectivity index (χ2n) is 5.12. The Hall–Kier alpha value is -1.31. The van der Waals surface area contributed by atoms with E-state index in [1.165, 1.54) is 24.5 Å². The first kappa shape index (κ1) is 17.7. The zero-order valence-electron chi connectivity index (χ0n) is 12.8. The van der Waals surface area contributed by atoms with Crippen molar-refractivity contribution >= 4 is 5.97 Å². The van der Waals surface area contributed by atoms with Gasteiger partial charge in [0.25, 0.3) is 0 Å². The molecule has 1 unspecified atom stereocenters. The number of allylic oxidation sites excluding steroid dienone is 5. The first-order valence-electron chi connectivity index (χ1n) is 7.22. The highest BCUT2D eigenvalue weighted by molar-refractivity contribution is 5.81. The Kier molecular flexibility index (Phi) is 9.87. The summed E-state index contributed by atoms with van der Waals surface area (Å²) in [6.07, 6.45) is 13.3. The maximum Gasteiger partial charge on any atom is 0.328 e. The molecule has 0 heterocycles. The van der Waals surface area contributed by atoms with Gasteiger partial charge in [-0.1, -0.05) is 44.1 Å². The Balaban J connectivity index is 4.13. The quantitative estimate of drug-likeness (QED) is 0.356. The summed E-state index contributed by atoms with van der Waals surface area (Å²) in [5.41, 5.74) is 2.26. The van der Waals surface area contributed by atoms with Gasteiger partial charge < -0.3 is 5.11 Å². The fraction of sp³-hybridized carbons (Fsp3) is 0.588. The average Bonchev–Trinajstić information content (AvgIpc) is 2.35. The molecule has 0 aliphatic heterocycles. The van der Waals surface area contributed by atoms with Crippen LogP contribution in [0.3, 0.4) is 0 Å². The summed E-state index contributed by atoms with van der Waals surface area (Å²) in [5, 5.41) is 8.61. The van der Waals surface area contributed by atoms with Gasteiger partial charge in [0.05, 0.1) is 0 Å². The van der Waals surface area contributed by atoms with Gasteiger partial charge in [0.2, 0.25) is 0 Å². The van der Waals surface area contributed by atoms with Crippen molar-refractivity contribution in [1.82, 2.24) is 0 Å². The highest BCUT2D eigenvalue weighted by atomic mass is 16.4. The predicted octanol–water partition coefficient (Wildman–Crippen LogP) is 5.13. The van der Waals surface area contributed by atoms with Crippen molar-refractivity contribution in [2.75, 3.05) is 0 Å². The topological polar surface area (TPSA) is 37.3 Å². The minimum absolute atomic E-state index is 0.690. The molecule has 0 aliphatic carbocycles. The highest BCUT2D eigenvalue weighted by Crippen LogP contribution is 2.17. The van der Waals surface area contributed by atoms with E-state index >= 15 is 0 Å². The van der Waals surface area contributed by atoms with E-state index < -0.39 is 5.97 Å². The van der Waals surface area contributed by atoms with Crippen LogP contribution >= 0.6 is 0 Å². The molecule has 108 valence electrons. The SMILES string of the molecule is CCC(C)=CCCC(CC)CC=CC(C)=CC(=O)O. The number of aliphatic carboxylic acids is 1. The van der Waals surface area contributed by atoms with Crippen LogP contribution in [-0.2, 0) is 4.79 Å². The molecule has 0 saturated heterocycles. The van der Waals surface area contributed by atoms with Crippen molar-refractivity contribution in [1.29, 1.82) is 0 Å². The Morgan fingerprint density at radius 3 is 2.47 bits per heavy atom. The van der Waals surface area contributed by atoms with Crippen molar-refractivity contribution in [2.24, 2.45) is 5.92 Å². The molecule has 0 aromatic carbocycles. The largest absolute Gasteiger partial charge is 0.478 e. The van der Waals surface area contributed by atoms with E-state index in [4.69, 9.17) is 5.11 Å². The molecule has 19 heavy (non-hydrogen) atoms. The van der Waals surface area contributed by atoms with Gasteiger partial charge in [-0.3, -0.25) is 0 Å². The summed E-state index contributed by atoms with van der Waals surface area (Å²) in [5.74, 6) is -0.191. The van der Waals surface area contributed by atoms with Crippen LogP contribution in [0.1, 0.15) is 59.8 Å². The van der Waals surface area contributed by atoms with Crippen molar-refractivity contribution < 1.29 is 9.90 Å². The number of carbonyl (C=O) groups is 1. The monoisotopic (exact) mass is 264 g/mol. The minimum Gasteiger partial charge on any atom is -0.478 e. The minimum atomic E-state index is -0.880. The Morgan fingerprint density at radius 1 is 1.26 bits per heavy atom. The number of hydrogen-bond donors (Lipinski definition) is 1. The van der Waals surface area contributed by atoms with Crippen LogP contribution < -0.4 is 0 Å². The lowest BCUT2D eigenvalue weighted by Crippen LogP contribution is -1.96. The number of hydrogen-bond acceptors (Lipinski definition) is 1. The summed E-state index contributed by atoms with van der Waals surface area (Å²) in [7, 11) is 0. The summed E-state index contributed by atoms with van der Waals surface area (Å²) < 4.78 is 0. The average molecular weight is 264 g/mol. The first-order valence-corrected chi connectivity index (χ1v) is 7.22. The molecule has 0 saturated carbocycles.